The van der Waals surface area contributed by atoms with Crippen LogP contribution >= 0.6 is 0 Å². The lowest BCUT2D eigenvalue weighted by molar-refractivity contribution is 0.298. The van der Waals surface area contributed by atoms with Crippen molar-refractivity contribution in [1.29, 1.82) is 0 Å². The molecular weight excluding hydrogens is 554 g/mol. The lowest BCUT2D eigenvalue weighted by Gasteiger charge is -2.23. The normalized spacial score (nSPS) is 13.5. The van der Waals surface area contributed by atoms with Crippen molar-refractivity contribution in [2.45, 2.75) is 6.54 Å². The number of hydrazine groups is 1. The molecule has 0 saturated heterocycles. The molecule has 0 saturated carbocycles. The summed E-state index contributed by atoms with van der Waals surface area (Å²) in [7, 11) is 0. The Morgan fingerprint density at radius 1 is 0.533 bits per heavy atom. The van der Waals surface area contributed by atoms with Crippen LogP contribution in [0.15, 0.2) is 146 Å². The molecular formula is C40H29N3O2. The summed E-state index contributed by atoms with van der Waals surface area (Å²) in [5, 5.41) is 4.55. The van der Waals surface area contributed by atoms with E-state index in [-0.39, 0.29) is 0 Å². The van der Waals surface area contributed by atoms with E-state index in [1.54, 1.807) is 0 Å². The van der Waals surface area contributed by atoms with Crippen LogP contribution in [0, 0.1) is 0 Å². The van der Waals surface area contributed by atoms with Crippen molar-refractivity contribution in [2.75, 3.05) is 6.54 Å². The molecule has 0 unspecified atom stereocenters. The summed E-state index contributed by atoms with van der Waals surface area (Å²) in [6, 6.07) is 46.5. The zero-order valence-electron chi connectivity index (χ0n) is 24.5. The molecule has 2 aliphatic heterocycles. The van der Waals surface area contributed by atoms with Gasteiger partial charge in [-0.2, -0.15) is 0 Å². The van der Waals surface area contributed by atoms with Gasteiger partial charge in [0.25, 0.3) is 0 Å². The molecule has 0 spiro atoms. The maximum atomic E-state index is 6.94. The maximum absolute atomic E-state index is 6.94. The van der Waals surface area contributed by atoms with Crippen molar-refractivity contribution in [2.24, 2.45) is 0 Å². The highest BCUT2D eigenvalue weighted by molar-refractivity contribution is 6.09. The van der Waals surface area contributed by atoms with E-state index in [2.05, 4.69) is 124 Å². The van der Waals surface area contributed by atoms with Crippen LogP contribution in [-0.2, 0) is 6.54 Å². The Morgan fingerprint density at radius 3 is 1.73 bits per heavy atom. The Morgan fingerprint density at radius 2 is 1.09 bits per heavy atom. The van der Waals surface area contributed by atoms with Gasteiger partial charge in [-0.3, -0.25) is 0 Å². The first-order valence-corrected chi connectivity index (χ1v) is 15.3. The minimum absolute atomic E-state index is 0.730. The van der Waals surface area contributed by atoms with Gasteiger partial charge in [-0.25, -0.2) is 5.43 Å². The third kappa shape index (κ3) is 4.36. The first-order valence-electron chi connectivity index (χ1n) is 15.3. The van der Waals surface area contributed by atoms with E-state index in [4.69, 9.17) is 9.47 Å². The molecule has 9 rings (SSSR count). The lowest BCUT2D eigenvalue weighted by Crippen LogP contribution is -2.27. The molecule has 45 heavy (non-hydrogen) atoms. The zero-order chi connectivity index (χ0) is 29.7. The van der Waals surface area contributed by atoms with Crippen molar-refractivity contribution in [3.05, 3.63) is 151 Å². The average Bonchev–Trinajstić information content (AvgIpc) is 3.72. The first kappa shape index (κ1) is 25.7. The molecule has 3 heterocycles. The van der Waals surface area contributed by atoms with Crippen molar-refractivity contribution in [3.8, 4) is 50.9 Å². The van der Waals surface area contributed by atoms with Gasteiger partial charge >= 0.3 is 0 Å². The molecule has 5 heteroatoms. The van der Waals surface area contributed by atoms with Crippen LogP contribution in [0.25, 0.3) is 49.7 Å². The first-order chi connectivity index (χ1) is 22.3. The fourth-order valence-corrected chi connectivity index (χ4v) is 6.63. The summed E-state index contributed by atoms with van der Waals surface area (Å²) >= 11 is 0. The number of ether oxygens (including phenoxy) is 2. The van der Waals surface area contributed by atoms with Crippen LogP contribution in [0.2, 0.25) is 0 Å². The SMILES string of the molecule is C1=CN(Cc2ccc3c(c2)Oc2ccccc2-c2ccccc2Oc2cc(-n4c5ccccc5c5ccccc54)ccc2-3)NC1. The molecule has 5 nitrogen and oxygen atoms in total. The molecule has 0 fully saturated rings. The van der Waals surface area contributed by atoms with Crippen molar-refractivity contribution in [1.82, 2.24) is 15.0 Å². The minimum atomic E-state index is 0.730. The molecule has 0 aliphatic carbocycles. The quantitative estimate of drug-likeness (QED) is 0.225. The Balaban J connectivity index is 1.27. The number of aromatic nitrogens is 1. The molecule has 2 aliphatic rings. The molecule has 7 aromatic rings. The molecule has 1 aromatic heterocycles. The number of nitrogens with one attached hydrogen (secondary N) is 1. The summed E-state index contributed by atoms with van der Waals surface area (Å²) < 4.78 is 16.1. The summed E-state index contributed by atoms with van der Waals surface area (Å²) in [6.45, 7) is 1.57. The van der Waals surface area contributed by atoms with Crippen LogP contribution in [0.3, 0.4) is 0 Å². The van der Waals surface area contributed by atoms with Crippen molar-refractivity contribution >= 4 is 21.8 Å². The van der Waals surface area contributed by atoms with Crippen LogP contribution in [0.4, 0.5) is 0 Å². The number of fused-ring (bicyclic) bond motifs is 9. The molecule has 216 valence electrons. The highest BCUT2D eigenvalue weighted by atomic mass is 16.5. The van der Waals surface area contributed by atoms with Crippen LogP contribution < -0.4 is 14.9 Å². The Bertz CT molecular complexity index is 2230. The number of para-hydroxylation sites is 4. The fourth-order valence-electron chi connectivity index (χ4n) is 6.63. The predicted molar refractivity (Wildman–Crippen MR) is 181 cm³/mol. The van der Waals surface area contributed by atoms with E-state index >= 15 is 0 Å². The van der Waals surface area contributed by atoms with Gasteiger partial charge in [0.05, 0.1) is 17.6 Å². The van der Waals surface area contributed by atoms with E-state index in [1.165, 1.54) is 10.8 Å². The summed E-state index contributed by atoms with van der Waals surface area (Å²) in [5.74, 6) is 3.12. The standard InChI is InChI=1S/C40H29N3O2/c1-5-14-35-29(10-1)30-11-2-6-15-36(30)43(35)28-19-21-34-33-20-18-27(26-42-23-9-22-41-42)24-39(33)44-37-16-7-3-12-31(37)32-13-4-8-17-38(32)45-40(34)25-28/h1-21,23-25,41H,22,26H2. The number of hydrogen-bond acceptors (Lipinski definition) is 4. The zero-order valence-corrected chi connectivity index (χ0v) is 24.5. The maximum Gasteiger partial charge on any atom is 0.137 e. The largest absolute Gasteiger partial charge is 0.456 e. The minimum Gasteiger partial charge on any atom is -0.456 e. The van der Waals surface area contributed by atoms with Gasteiger partial charge in [-0.15, -0.1) is 0 Å². The Kier molecular flexibility index (Phi) is 5.96. The van der Waals surface area contributed by atoms with E-state index in [9.17, 15) is 0 Å². The molecule has 0 atom stereocenters. The van der Waals surface area contributed by atoms with E-state index in [0.717, 1.165) is 80.6 Å². The Labute approximate surface area is 261 Å². The van der Waals surface area contributed by atoms with Crippen LogP contribution in [-0.4, -0.2) is 16.1 Å². The Hall–Kier alpha value is -5.78. The molecule has 1 N–H and O–H groups in total. The smallest absolute Gasteiger partial charge is 0.137 e. The summed E-state index contributed by atoms with van der Waals surface area (Å²) in [4.78, 5) is 0. The molecule has 0 amide bonds. The number of nitrogens with zero attached hydrogens (tertiary/aromatic N) is 2. The fraction of sp³-hybridized carbons (Fsp3) is 0.0500. The monoisotopic (exact) mass is 583 g/mol. The van der Waals surface area contributed by atoms with E-state index < -0.39 is 0 Å². The second-order valence-corrected chi connectivity index (χ2v) is 11.5. The lowest BCUT2D eigenvalue weighted by atomic mass is 9.99. The van der Waals surface area contributed by atoms with Gasteiger partial charge in [0, 0.05) is 57.5 Å². The van der Waals surface area contributed by atoms with Gasteiger partial charge in [0.1, 0.15) is 23.0 Å². The number of benzene rings is 6. The van der Waals surface area contributed by atoms with Gasteiger partial charge in [-0.1, -0.05) is 91.0 Å². The van der Waals surface area contributed by atoms with Crippen molar-refractivity contribution in [3.63, 3.8) is 0 Å². The topological polar surface area (TPSA) is 38.7 Å². The van der Waals surface area contributed by atoms with Gasteiger partial charge in [0.15, 0.2) is 0 Å². The van der Waals surface area contributed by atoms with E-state index in [1.807, 2.05) is 36.4 Å². The highest BCUT2D eigenvalue weighted by Gasteiger charge is 2.22. The van der Waals surface area contributed by atoms with E-state index in [0.29, 0.717) is 0 Å². The summed E-state index contributed by atoms with van der Waals surface area (Å²) in [5.41, 5.74) is 11.8. The third-order valence-corrected chi connectivity index (χ3v) is 8.69. The molecule has 6 aromatic carbocycles. The number of rotatable bonds is 3. The van der Waals surface area contributed by atoms with Crippen LogP contribution in [0.1, 0.15) is 5.56 Å². The second-order valence-electron chi connectivity index (χ2n) is 11.5. The van der Waals surface area contributed by atoms with Gasteiger partial charge in [0.2, 0.25) is 0 Å². The van der Waals surface area contributed by atoms with Gasteiger partial charge < -0.3 is 19.0 Å². The van der Waals surface area contributed by atoms with Crippen molar-refractivity contribution < 1.29 is 9.47 Å². The third-order valence-electron chi connectivity index (χ3n) is 8.69. The summed E-state index contributed by atoms with van der Waals surface area (Å²) in [6.07, 6.45) is 4.20. The highest BCUT2D eigenvalue weighted by Crippen LogP contribution is 2.47. The van der Waals surface area contributed by atoms with Crippen LogP contribution in [0.5, 0.6) is 23.0 Å². The number of hydrogen-bond donors (Lipinski definition) is 1. The predicted octanol–water partition coefficient (Wildman–Crippen LogP) is 9.85. The molecule has 0 bridgehead atoms. The average molecular weight is 584 g/mol. The van der Waals surface area contributed by atoms with Gasteiger partial charge in [-0.05, 0) is 48.0 Å². The second kappa shape index (κ2) is 10.4. The molecule has 0 radical (unpaired) electrons.